The Labute approximate surface area is 114 Å². The molecule has 1 amide bonds. The van der Waals surface area contributed by atoms with E-state index in [2.05, 4.69) is 36.5 Å². The Morgan fingerprint density at radius 2 is 1.89 bits per heavy atom. The number of rotatable bonds is 4. The molecule has 0 spiro atoms. The number of halogens is 1. The molecule has 1 aromatic rings. The third-order valence-electron chi connectivity index (χ3n) is 3.75. The molecule has 2 nitrogen and oxygen atoms in total. The standard InChI is InChI=1S/C15H20ClNO/c1-12-4-6-13(7-5-12)10-15(8-2-3-9-15)17-14(18)11-16/h4-7H,2-3,8-11H2,1H3,(H,17,18). The molecule has 3 heteroatoms. The minimum atomic E-state index is -0.0682. The van der Waals surface area contributed by atoms with E-state index < -0.39 is 0 Å². The van der Waals surface area contributed by atoms with Crippen molar-refractivity contribution < 1.29 is 4.79 Å². The number of hydrogen-bond donors (Lipinski definition) is 1. The fourth-order valence-electron chi connectivity index (χ4n) is 2.82. The maximum absolute atomic E-state index is 11.6. The molecule has 0 aliphatic heterocycles. The molecule has 1 aliphatic carbocycles. The Bertz CT molecular complexity index is 407. The lowest BCUT2D eigenvalue weighted by Crippen LogP contribution is -2.48. The summed E-state index contributed by atoms with van der Waals surface area (Å²) in [5.41, 5.74) is 2.49. The topological polar surface area (TPSA) is 29.1 Å². The molecule has 18 heavy (non-hydrogen) atoms. The van der Waals surface area contributed by atoms with Crippen molar-refractivity contribution in [1.82, 2.24) is 5.32 Å². The first-order valence-electron chi connectivity index (χ1n) is 6.56. The van der Waals surface area contributed by atoms with Crippen molar-refractivity contribution in [2.45, 2.75) is 44.6 Å². The fourth-order valence-corrected chi connectivity index (χ4v) is 2.89. The van der Waals surface area contributed by atoms with Gasteiger partial charge in [-0.3, -0.25) is 4.79 Å². The van der Waals surface area contributed by atoms with Gasteiger partial charge in [0.05, 0.1) is 0 Å². The van der Waals surface area contributed by atoms with Crippen LogP contribution in [0.25, 0.3) is 0 Å². The molecule has 0 bridgehead atoms. The molecule has 1 aliphatic rings. The Hall–Kier alpha value is -1.02. The van der Waals surface area contributed by atoms with E-state index >= 15 is 0 Å². The van der Waals surface area contributed by atoms with E-state index in [1.165, 1.54) is 24.0 Å². The molecular formula is C15H20ClNO. The van der Waals surface area contributed by atoms with E-state index in [-0.39, 0.29) is 17.3 Å². The number of hydrogen-bond acceptors (Lipinski definition) is 1. The number of alkyl halides is 1. The average Bonchev–Trinajstić information content (AvgIpc) is 2.80. The maximum Gasteiger partial charge on any atom is 0.235 e. The Morgan fingerprint density at radius 1 is 1.28 bits per heavy atom. The molecule has 0 atom stereocenters. The first-order valence-corrected chi connectivity index (χ1v) is 7.10. The van der Waals surface area contributed by atoms with Gasteiger partial charge in [0.2, 0.25) is 5.91 Å². The number of benzene rings is 1. The average molecular weight is 266 g/mol. The zero-order valence-electron chi connectivity index (χ0n) is 10.8. The van der Waals surface area contributed by atoms with Gasteiger partial charge in [-0.25, -0.2) is 0 Å². The SMILES string of the molecule is Cc1ccc(CC2(NC(=O)CCl)CCCC2)cc1. The van der Waals surface area contributed by atoms with E-state index in [9.17, 15) is 4.79 Å². The van der Waals surface area contributed by atoms with Gasteiger partial charge < -0.3 is 5.32 Å². The van der Waals surface area contributed by atoms with E-state index in [1.54, 1.807) is 0 Å². The minimum Gasteiger partial charge on any atom is -0.349 e. The first kappa shape index (κ1) is 13.4. The van der Waals surface area contributed by atoms with Crippen LogP contribution in [-0.2, 0) is 11.2 Å². The Kier molecular flexibility index (Phi) is 4.28. The summed E-state index contributed by atoms with van der Waals surface area (Å²) in [6, 6.07) is 8.56. The predicted molar refractivity (Wildman–Crippen MR) is 74.9 cm³/mol. The van der Waals surface area contributed by atoms with Crippen LogP contribution < -0.4 is 5.32 Å². The monoisotopic (exact) mass is 265 g/mol. The van der Waals surface area contributed by atoms with Crippen LogP contribution in [-0.4, -0.2) is 17.3 Å². The van der Waals surface area contributed by atoms with Gasteiger partial charge in [-0.1, -0.05) is 42.7 Å². The summed E-state index contributed by atoms with van der Waals surface area (Å²) in [7, 11) is 0. The third-order valence-corrected chi connectivity index (χ3v) is 3.99. The van der Waals surface area contributed by atoms with E-state index in [0.717, 1.165) is 19.3 Å². The summed E-state index contributed by atoms with van der Waals surface area (Å²) >= 11 is 5.60. The van der Waals surface area contributed by atoms with Gasteiger partial charge in [-0.15, -0.1) is 11.6 Å². The van der Waals surface area contributed by atoms with Gasteiger partial charge in [-0.2, -0.15) is 0 Å². The highest BCUT2D eigenvalue weighted by molar-refractivity contribution is 6.27. The highest BCUT2D eigenvalue weighted by Crippen LogP contribution is 2.33. The summed E-state index contributed by atoms with van der Waals surface area (Å²) in [6.07, 6.45) is 5.41. The molecule has 2 rings (SSSR count). The Balaban J connectivity index is 2.10. The second-order valence-corrected chi connectivity index (χ2v) is 5.60. The van der Waals surface area contributed by atoms with E-state index in [1.807, 2.05) is 0 Å². The lowest BCUT2D eigenvalue weighted by molar-refractivity contribution is -0.120. The highest BCUT2D eigenvalue weighted by atomic mass is 35.5. The van der Waals surface area contributed by atoms with Crippen molar-refractivity contribution in [2.24, 2.45) is 0 Å². The number of carbonyl (C=O) groups excluding carboxylic acids is 1. The molecule has 0 heterocycles. The summed E-state index contributed by atoms with van der Waals surface area (Å²) in [5.74, 6) is 0.000940. The molecule has 0 unspecified atom stereocenters. The summed E-state index contributed by atoms with van der Waals surface area (Å²) in [4.78, 5) is 11.6. The number of aryl methyl sites for hydroxylation is 1. The van der Waals surface area contributed by atoms with Gasteiger partial charge in [0.15, 0.2) is 0 Å². The van der Waals surface area contributed by atoms with Crippen LogP contribution in [0.3, 0.4) is 0 Å². The highest BCUT2D eigenvalue weighted by Gasteiger charge is 2.35. The molecule has 0 aromatic heterocycles. The van der Waals surface area contributed by atoms with Crippen molar-refractivity contribution in [3.63, 3.8) is 0 Å². The zero-order chi connectivity index (χ0) is 13.0. The van der Waals surface area contributed by atoms with Crippen molar-refractivity contribution in [3.05, 3.63) is 35.4 Å². The van der Waals surface area contributed by atoms with Crippen molar-refractivity contribution in [1.29, 1.82) is 0 Å². The maximum atomic E-state index is 11.6. The minimum absolute atomic E-state index is 0.0503. The molecule has 1 N–H and O–H groups in total. The van der Waals surface area contributed by atoms with Gasteiger partial charge in [0, 0.05) is 5.54 Å². The molecule has 1 saturated carbocycles. The van der Waals surface area contributed by atoms with Crippen LogP contribution in [0.15, 0.2) is 24.3 Å². The predicted octanol–water partition coefficient (Wildman–Crippen LogP) is 3.21. The third kappa shape index (κ3) is 3.26. The van der Waals surface area contributed by atoms with Crippen LogP contribution in [0.4, 0.5) is 0 Å². The Morgan fingerprint density at radius 3 is 2.44 bits per heavy atom. The lowest BCUT2D eigenvalue weighted by Gasteiger charge is -2.30. The molecule has 98 valence electrons. The van der Waals surface area contributed by atoms with Crippen LogP contribution in [0.2, 0.25) is 0 Å². The number of nitrogens with one attached hydrogen (secondary N) is 1. The van der Waals surface area contributed by atoms with Gasteiger partial charge in [-0.05, 0) is 31.7 Å². The first-order chi connectivity index (χ1) is 8.63. The second kappa shape index (κ2) is 5.75. The van der Waals surface area contributed by atoms with Crippen molar-refractivity contribution in [2.75, 3.05) is 5.88 Å². The lowest BCUT2D eigenvalue weighted by atomic mass is 9.88. The van der Waals surface area contributed by atoms with Crippen molar-refractivity contribution in [3.8, 4) is 0 Å². The summed E-state index contributed by atoms with van der Waals surface area (Å²) < 4.78 is 0. The van der Waals surface area contributed by atoms with Gasteiger partial charge >= 0.3 is 0 Å². The largest absolute Gasteiger partial charge is 0.349 e. The quantitative estimate of drug-likeness (QED) is 0.833. The number of carbonyl (C=O) groups is 1. The fraction of sp³-hybridized carbons (Fsp3) is 0.533. The van der Waals surface area contributed by atoms with Crippen LogP contribution in [0.1, 0.15) is 36.8 Å². The van der Waals surface area contributed by atoms with Crippen LogP contribution in [0.5, 0.6) is 0 Å². The molecule has 0 saturated heterocycles. The molecule has 1 fully saturated rings. The summed E-state index contributed by atoms with van der Waals surface area (Å²) in [6.45, 7) is 2.09. The van der Waals surface area contributed by atoms with E-state index in [4.69, 9.17) is 11.6 Å². The molecule has 0 radical (unpaired) electrons. The summed E-state index contributed by atoms with van der Waals surface area (Å²) in [5, 5.41) is 3.13. The van der Waals surface area contributed by atoms with Gasteiger partial charge in [0.25, 0.3) is 0 Å². The molecular weight excluding hydrogens is 246 g/mol. The molecule has 1 aromatic carbocycles. The normalized spacial score (nSPS) is 17.7. The van der Waals surface area contributed by atoms with Crippen LogP contribution >= 0.6 is 11.6 Å². The van der Waals surface area contributed by atoms with Crippen LogP contribution in [0, 0.1) is 6.92 Å². The second-order valence-electron chi connectivity index (χ2n) is 5.33. The van der Waals surface area contributed by atoms with Gasteiger partial charge in [0.1, 0.15) is 5.88 Å². The van der Waals surface area contributed by atoms with Crippen molar-refractivity contribution >= 4 is 17.5 Å². The zero-order valence-corrected chi connectivity index (χ0v) is 11.6. The smallest absolute Gasteiger partial charge is 0.235 e. The number of amides is 1. The van der Waals surface area contributed by atoms with E-state index in [0.29, 0.717) is 0 Å².